The molecule has 0 unspecified atom stereocenters. The monoisotopic (exact) mass is 249 g/mol. The SMILES string of the molecule is Cc1ncn(CC(=O)NC2CCCCCC2)c1C. The molecule has 1 saturated carbocycles. The zero-order valence-corrected chi connectivity index (χ0v) is 11.4. The van der Waals surface area contributed by atoms with Crippen LogP contribution in [0.25, 0.3) is 0 Å². The van der Waals surface area contributed by atoms with E-state index >= 15 is 0 Å². The Labute approximate surface area is 109 Å². The summed E-state index contributed by atoms with van der Waals surface area (Å²) in [5.74, 6) is 0.113. The Morgan fingerprint density at radius 2 is 2.00 bits per heavy atom. The van der Waals surface area contributed by atoms with Gasteiger partial charge in [0.05, 0.1) is 12.0 Å². The Kier molecular flexibility index (Phi) is 4.39. The number of carbonyl (C=O) groups excluding carboxylic acids is 1. The van der Waals surface area contributed by atoms with Crippen LogP contribution in [-0.2, 0) is 11.3 Å². The van der Waals surface area contributed by atoms with E-state index in [9.17, 15) is 4.79 Å². The van der Waals surface area contributed by atoms with Gasteiger partial charge in [-0.05, 0) is 26.7 Å². The Morgan fingerprint density at radius 3 is 2.56 bits per heavy atom. The van der Waals surface area contributed by atoms with E-state index in [-0.39, 0.29) is 5.91 Å². The number of hydrogen-bond acceptors (Lipinski definition) is 2. The summed E-state index contributed by atoms with van der Waals surface area (Å²) < 4.78 is 1.92. The van der Waals surface area contributed by atoms with Gasteiger partial charge in [-0.15, -0.1) is 0 Å². The van der Waals surface area contributed by atoms with Gasteiger partial charge >= 0.3 is 0 Å². The molecule has 0 aliphatic heterocycles. The Bertz CT molecular complexity index is 403. The first-order valence-electron chi connectivity index (χ1n) is 6.94. The lowest BCUT2D eigenvalue weighted by Gasteiger charge is -2.16. The van der Waals surface area contributed by atoms with Gasteiger partial charge in [0.1, 0.15) is 6.54 Å². The predicted molar refractivity (Wildman–Crippen MR) is 71.3 cm³/mol. The molecule has 4 heteroatoms. The third kappa shape index (κ3) is 3.34. The topological polar surface area (TPSA) is 46.9 Å². The van der Waals surface area contributed by atoms with Gasteiger partial charge in [0.25, 0.3) is 0 Å². The molecule has 100 valence electrons. The number of aryl methyl sites for hydroxylation is 1. The molecule has 0 atom stereocenters. The summed E-state index contributed by atoms with van der Waals surface area (Å²) in [6, 6.07) is 0.380. The van der Waals surface area contributed by atoms with Gasteiger partial charge < -0.3 is 9.88 Å². The molecule has 1 fully saturated rings. The molecule has 1 aliphatic carbocycles. The molecule has 1 heterocycles. The van der Waals surface area contributed by atoms with Crippen LogP contribution in [0.15, 0.2) is 6.33 Å². The first kappa shape index (κ1) is 13.1. The first-order chi connectivity index (χ1) is 8.66. The molecule has 2 rings (SSSR count). The highest BCUT2D eigenvalue weighted by molar-refractivity contribution is 5.76. The highest BCUT2D eigenvalue weighted by Crippen LogP contribution is 2.17. The highest BCUT2D eigenvalue weighted by atomic mass is 16.2. The van der Waals surface area contributed by atoms with Crippen molar-refractivity contribution in [1.29, 1.82) is 0 Å². The molecule has 1 amide bonds. The van der Waals surface area contributed by atoms with Crippen LogP contribution in [0.4, 0.5) is 0 Å². The molecule has 0 bridgehead atoms. The lowest BCUT2D eigenvalue weighted by molar-refractivity contribution is -0.122. The lowest BCUT2D eigenvalue weighted by atomic mass is 10.1. The molecule has 0 spiro atoms. The van der Waals surface area contributed by atoms with Crippen LogP contribution in [0, 0.1) is 13.8 Å². The van der Waals surface area contributed by atoms with Crippen molar-refractivity contribution in [2.45, 2.75) is 65.0 Å². The number of rotatable bonds is 3. The lowest BCUT2D eigenvalue weighted by Crippen LogP contribution is -2.36. The van der Waals surface area contributed by atoms with E-state index in [4.69, 9.17) is 0 Å². The maximum absolute atomic E-state index is 12.0. The minimum Gasteiger partial charge on any atom is -0.352 e. The average molecular weight is 249 g/mol. The number of carbonyl (C=O) groups is 1. The van der Waals surface area contributed by atoms with Gasteiger partial charge in [0.15, 0.2) is 0 Å². The van der Waals surface area contributed by atoms with Gasteiger partial charge in [-0.2, -0.15) is 0 Å². The van der Waals surface area contributed by atoms with E-state index in [1.807, 2.05) is 18.4 Å². The third-order valence-corrected chi connectivity index (χ3v) is 3.88. The summed E-state index contributed by atoms with van der Waals surface area (Å²) in [7, 11) is 0. The summed E-state index contributed by atoms with van der Waals surface area (Å²) >= 11 is 0. The molecule has 0 aromatic carbocycles. The van der Waals surface area contributed by atoms with Crippen LogP contribution >= 0.6 is 0 Å². The van der Waals surface area contributed by atoms with E-state index in [1.54, 1.807) is 6.33 Å². The van der Waals surface area contributed by atoms with E-state index < -0.39 is 0 Å². The summed E-state index contributed by atoms with van der Waals surface area (Å²) in [5.41, 5.74) is 2.07. The summed E-state index contributed by atoms with van der Waals surface area (Å²) in [4.78, 5) is 16.2. The Morgan fingerprint density at radius 1 is 1.33 bits per heavy atom. The average Bonchev–Trinajstić information content (AvgIpc) is 2.60. The Hall–Kier alpha value is -1.32. The van der Waals surface area contributed by atoms with Gasteiger partial charge in [0.2, 0.25) is 5.91 Å². The fourth-order valence-electron chi connectivity index (χ4n) is 2.56. The third-order valence-electron chi connectivity index (χ3n) is 3.88. The van der Waals surface area contributed by atoms with Crippen LogP contribution in [0.3, 0.4) is 0 Å². The molecule has 1 aromatic rings. The molecule has 1 aromatic heterocycles. The molecule has 18 heavy (non-hydrogen) atoms. The molecular weight excluding hydrogens is 226 g/mol. The maximum atomic E-state index is 12.0. The van der Waals surface area contributed by atoms with Crippen molar-refractivity contribution in [3.8, 4) is 0 Å². The molecule has 4 nitrogen and oxygen atoms in total. The second-order valence-corrected chi connectivity index (χ2v) is 5.30. The van der Waals surface area contributed by atoms with Gasteiger partial charge in [-0.1, -0.05) is 25.7 Å². The summed E-state index contributed by atoms with van der Waals surface area (Å²) in [5, 5.41) is 3.16. The van der Waals surface area contributed by atoms with Crippen molar-refractivity contribution in [2.24, 2.45) is 0 Å². The first-order valence-corrected chi connectivity index (χ1v) is 6.94. The fraction of sp³-hybridized carbons (Fsp3) is 0.714. The second-order valence-electron chi connectivity index (χ2n) is 5.30. The number of nitrogens with zero attached hydrogens (tertiary/aromatic N) is 2. The predicted octanol–water partition coefficient (Wildman–Crippen LogP) is 2.34. The van der Waals surface area contributed by atoms with Crippen LogP contribution in [0.5, 0.6) is 0 Å². The maximum Gasteiger partial charge on any atom is 0.240 e. The van der Waals surface area contributed by atoms with Crippen LogP contribution in [-0.4, -0.2) is 21.5 Å². The van der Waals surface area contributed by atoms with E-state index in [1.165, 1.54) is 25.7 Å². The van der Waals surface area contributed by atoms with Gasteiger partial charge in [-0.25, -0.2) is 4.98 Å². The van der Waals surface area contributed by atoms with Crippen LogP contribution in [0.2, 0.25) is 0 Å². The molecule has 1 aliphatic rings. The van der Waals surface area contributed by atoms with Crippen LogP contribution < -0.4 is 5.32 Å². The Balaban J connectivity index is 1.86. The van der Waals surface area contributed by atoms with Crippen molar-refractivity contribution in [3.63, 3.8) is 0 Å². The quantitative estimate of drug-likeness (QED) is 0.836. The molecule has 1 N–H and O–H groups in total. The zero-order valence-electron chi connectivity index (χ0n) is 11.4. The molecule has 0 saturated heterocycles. The van der Waals surface area contributed by atoms with Crippen LogP contribution in [0.1, 0.15) is 49.9 Å². The smallest absolute Gasteiger partial charge is 0.240 e. The van der Waals surface area contributed by atoms with E-state index in [2.05, 4.69) is 10.3 Å². The fourth-order valence-corrected chi connectivity index (χ4v) is 2.56. The van der Waals surface area contributed by atoms with E-state index in [0.29, 0.717) is 12.6 Å². The number of aromatic nitrogens is 2. The standard InChI is InChI=1S/C14H23N3O/c1-11-12(2)17(10-15-11)9-14(18)16-13-7-5-3-4-6-8-13/h10,13H,3-9H2,1-2H3,(H,16,18). The minimum atomic E-state index is 0.113. The van der Waals surface area contributed by atoms with Crippen molar-refractivity contribution in [1.82, 2.24) is 14.9 Å². The number of amides is 1. The second kappa shape index (κ2) is 6.03. The van der Waals surface area contributed by atoms with Crippen molar-refractivity contribution in [2.75, 3.05) is 0 Å². The molecule has 0 radical (unpaired) electrons. The zero-order chi connectivity index (χ0) is 13.0. The summed E-state index contributed by atoms with van der Waals surface area (Å²) in [6.07, 6.45) is 9.12. The number of nitrogens with one attached hydrogen (secondary N) is 1. The molecular formula is C14H23N3O. The summed E-state index contributed by atoms with van der Waals surface area (Å²) in [6.45, 7) is 4.36. The van der Waals surface area contributed by atoms with Crippen molar-refractivity contribution in [3.05, 3.63) is 17.7 Å². The van der Waals surface area contributed by atoms with Crippen molar-refractivity contribution >= 4 is 5.91 Å². The largest absolute Gasteiger partial charge is 0.352 e. The van der Waals surface area contributed by atoms with Crippen molar-refractivity contribution < 1.29 is 4.79 Å². The minimum absolute atomic E-state index is 0.113. The number of imidazole rings is 1. The van der Waals surface area contributed by atoms with Gasteiger partial charge in [-0.3, -0.25) is 4.79 Å². The normalized spacial score (nSPS) is 17.4. The highest BCUT2D eigenvalue weighted by Gasteiger charge is 2.15. The number of hydrogen-bond donors (Lipinski definition) is 1. The van der Waals surface area contributed by atoms with E-state index in [0.717, 1.165) is 24.2 Å². The van der Waals surface area contributed by atoms with Gasteiger partial charge in [0, 0.05) is 11.7 Å².